The molecule has 0 unspecified atom stereocenters. The van der Waals surface area contributed by atoms with Gasteiger partial charge in [-0.3, -0.25) is 0 Å². The molecule has 67 heavy (non-hydrogen) atoms. The summed E-state index contributed by atoms with van der Waals surface area (Å²) in [6.07, 6.45) is 15.8. The SMILES string of the molecule is C=C(C)c1cnc2[nH]ccc2c1.CC(C)[Si](C(C)C)(C(C)C)n1ccc2cc(Br)cnc21.CC(C)[Si](C(C)C)(C(C)C)n1ccc2cc(C(C)(C)O)cnc21.CC(C)c1cnc2[nH]ccc2c1. The van der Waals surface area contributed by atoms with E-state index in [2.05, 4.69) is 197 Å². The number of allylic oxidation sites excluding steroid dienone is 1. The second-order valence-corrected chi connectivity index (χ2v) is 33.5. The zero-order valence-electron chi connectivity index (χ0n) is 43.5. The van der Waals surface area contributed by atoms with Crippen LogP contribution < -0.4 is 0 Å². The summed E-state index contributed by atoms with van der Waals surface area (Å²) in [5, 5.41) is 14.9. The number of halogens is 1. The first kappa shape index (κ1) is 53.3. The van der Waals surface area contributed by atoms with Crippen LogP contribution in [0.3, 0.4) is 0 Å². The summed E-state index contributed by atoms with van der Waals surface area (Å²) in [6, 6.07) is 16.9. The van der Waals surface area contributed by atoms with Crippen molar-refractivity contribution in [1.82, 2.24) is 38.4 Å². The van der Waals surface area contributed by atoms with Crippen molar-refractivity contribution in [3.05, 3.63) is 126 Å². The third-order valence-electron chi connectivity index (χ3n) is 14.1. The van der Waals surface area contributed by atoms with Crippen molar-refractivity contribution in [2.75, 3.05) is 0 Å². The summed E-state index contributed by atoms with van der Waals surface area (Å²) >= 11 is 3.52. The van der Waals surface area contributed by atoms with E-state index in [9.17, 15) is 5.11 Å². The van der Waals surface area contributed by atoms with E-state index in [0.29, 0.717) is 39.2 Å². The summed E-state index contributed by atoms with van der Waals surface area (Å²) in [6.45, 7) is 42.3. The van der Waals surface area contributed by atoms with Gasteiger partial charge in [0.05, 0.1) is 5.60 Å². The summed E-state index contributed by atoms with van der Waals surface area (Å²) < 4.78 is 6.11. The van der Waals surface area contributed by atoms with Crippen LogP contribution in [-0.4, -0.2) is 59.9 Å². The first-order valence-corrected chi connectivity index (χ1v) is 29.4. The van der Waals surface area contributed by atoms with Gasteiger partial charge in [-0.05, 0) is 153 Å². The predicted molar refractivity (Wildman–Crippen MR) is 296 cm³/mol. The number of aliphatic hydroxyl groups is 1. The number of fused-ring (bicyclic) bond motifs is 4. The first-order chi connectivity index (χ1) is 31.4. The van der Waals surface area contributed by atoms with Gasteiger partial charge in [0.15, 0.2) is 16.5 Å². The maximum absolute atomic E-state index is 10.2. The minimum Gasteiger partial charge on any atom is -0.386 e. The average Bonchev–Trinajstić information content (AvgIpc) is 4.07. The normalized spacial score (nSPS) is 12.5. The molecule has 0 amide bonds. The summed E-state index contributed by atoms with van der Waals surface area (Å²) in [7, 11) is -3.48. The molecule has 0 atom stereocenters. The van der Waals surface area contributed by atoms with Crippen LogP contribution in [0.2, 0.25) is 33.2 Å². The van der Waals surface area contributed by atoms with Crippen molar-refractivity contribution in [1.29, 1.82) is 0 Å². The molecule has 0 radical (unpaired) electrons. The molecule has 0 aliphatic carbocycles. The Morgan fingerprint density at radius 2 is 1.01 bits per heavy atom. The highest BCUT2D eigenvalue weighted by Crippen LogP contribution is 2.45. The molecule has 0 bridgehead atoms. The molecular formula is C55H79BrN8OSi2. The fourth-order valence-electron chi connectivity index (χ4n) is 11.1. The van der Waals surface area contributed by atoms with E-state index in [1.165, 1.54) is 16.3 Å². The number of hydrogen-bond donors (Lipinski definition) is 3. The highest BCUT2D eigenvalue weighted by molar-refractivity contribution is 9.10. The number of nitrogens with one attached hydrogen (secondary N) is 2. The van der Waals surface area contributed by atoms with Crippen LogP contribution in [-0.2, 0) is 5.60 Å². The van der Waals surface area contributed by atoms with E-state index in [-0.39, 0.29) is 0 Å². The molecule has 0 spiro atoms. The van der Waals surface area contributed by atoms with E-state index in [0.717, 1.165) is 54.5 Å². The molecule has 360 valence electrons. The Kier molecular flexibility index (Phi) is 17.3. The molecule has 12 heteroatoms. The third-order valence-corrected chi connectivity index (χ3v) is 28.0. The minimum atomic E-state index is -1.79. The molecule has 8 aromatic rings. The zero-order valence-corrected chi connectivity index (χ0v) is 47.1. The number of hydrogen-bond acceptors (Lipinski definition) is 5. The van der Waals surface area contributed by atoms with Gasteiger partial charge in [-0.25, -0.2) is 19.9 Å². The second-order valence-electron chi connectivity index (χ2n) is 21.1. The first-order valence-electron chi connectivity index (χ1n) is 24.2. The Morgan fingerprint density at radius 1 is 0.582 bits per heavy atom. The fraction of sp³-hybridized carbons (Fsp3) is 0.455. The summed E-state index contributed by atoms with van der Waals surface area (Å²) in [4.78, 5) is 24.1. The molecule has 0 aliphatic heterocycles. The highest BCUT2D eigenvalue weighted by atomic mass is 79.9. The monoisotopic (exact) mass is 1000 g/mol. The van der Waals surface area contributed by atoms with Gasteiger partial charge in [0.2, 0.25) is 0 Å². The van der Waals surface area contributed by atoms with Crippen molar-refractivity contribution >= 4 is 82.1 Å². The van der Waals surface area contributed by atoms with Gasteiger partial charge in [-0.15, -0.1) is 0 Å². The van der Waals surface area contributed by atoms with Crippen molar-refractivity contribution < 1.29 is 5.11 Å². The van der Waals surface area contributed by atoms with Gasteiger partial charge in [0.25, 0.3) is 0 Å². The van der Waals surface area contributed by atoms with Crippen LogP contribution in [0.15, 0.2) is 109 Å². The predicted octanol–water partition coefficient (Wildman–Crippen LogP) is 16.4. The average molecular weight is 1000 g/mol. The molecule has 0 saturated heterocycles. The van der Waals surface area contributed by atoms with Crippen LogP contribution in [0.25, 0.3) is 49.7 Å². The van der Waals surface area contributed by atoms with Gasteiger partial charge < -0.3 is 23.5 Å². The smallest absolute Gasteiger partial charge is 0.171 e. The van der Waals surface area contributed by atoms with Gasteiger partial charge in [-0.1, -0.05) is 104 Å². The van der Waals surface area contributed by atoms with Gasteiger partial charge in [-0.2, -0.15) is 0 Å². The molecule has 3 N–H and O–H groups in total. The van der Waals surface area contributed by atoms with Crippen molar-refractivity contribution in [3.8, 4) is 0 Å². The van der Waals surface area contributed by atoms with Crippen LogP contribution >= 0.6 is 15.9 Å². The van der Waals surface area contributed by atoms with Gasteiger partial charge >= 0.3 is 0 Å². The number of H-pyrrole nitrogens is 2. The molecule has 0 saturated carbocycles. The largest absolute Gasteiger partial charge is 0.386 e. The maximum Gasteiger partial charge on any atom is 0.171 e. The molecule has 8 rings (SSSR count). The quantitative estimate of drug-likeness (QED) is 0.112. The molecule has 9 nitrogen and oxygen atoms in total. The van der Waals surface area contributed by atoms with E-state index < -0.39 is 22.1 Å². The Labute approximate surface area is 411 Å². The van der Waals surface area contributed by atoms with E-state index in [1.54, 1.807) is 0 Å². The standard InChI is InChI=1S/C19H32N2OSi.C16H25BrN2Si.C10H12N2.C10H10N2/c1-13(2)23(14(3)4,15(5)6)21-10-9-16-11-17(19(7,8)22)12-20-18(16)21;1-11(2)20(12(3)4,13(5)6)19-8-7-14-9-15(17)10-18-16(14)19;2*1-7(2)9-5-8-3-4-11-10(8)12-6-9/h9-15,22H,1-8H3;7-13H,1-6H3;3-7H,1-2H3,(H,11,12);3-6H,1H2,2H3,(H,11,12). The van der Waals surface area contributed by atoms with Crippen molar-refractivity contribution in [2.45, 2.75) is 162 Å². The Hall–Kier alpha value is -4.63. The maximum atomic E-state index is 10.2. The number of nitrogens with zero attached hydrogens (tertiary/aromatic N) is 6. The lowest BCUT2D eigenvalue weighted by Gasteiger charge is -2.44. The number of rotatable bonds is 11. The lowest BCUT2D eigenvalue weighted by molar-refractivity contribution is 0.0784. The fourth-order valence-corrected chi connectivity index (χ4v) is 24.6. The Balaban J connectivity index is 0.000000173. The number of pyridine rings is 4. The van der Waals surface area contributed by atoms with Crippen LogP contribution in [0.4, 0.5) is 0 Å². The van der Waals surface area contributed by atoms with E-state index >= 15 is 0 Å². The summed E-state index contributed by atoms with van der Waals surface area (Å²) in [5.74, 6) is 0.553. The van der Waals surface area contributed by atoms with E-state index in [1.807, 2.05) is 70.1 Å². The van der Waals surface area contributed by atoms with Crippen molar-refractivity contribution in [2.24, 2.45) is 0 Å². The third kappa shape index (κ3) is 11.1. The lowest BCUT2D eigenvalue weighted by Crippen LogP contribution is -2.51. The van der Waals surface area contributed by atoms with Crippen LogP contribution in [0, 0.1) is 0 Å². The van der Waals surface area contributed by atoms with Crippen molar-refractivity contribution in [3.63, 3.8) is 0 Å². The highest BCUT2D eigenvalue weighted by Gasteiger charge is 2.47. The molecule has 0 aromatic carbocycles. The lowest BCUT2D eigenvalue weighted by atomic mass is 10.00. The molecule has 8 aromatic heterocycles. The number of aromatic nitrogens is 8. The minimum absolute atomic E-state index is 0.553. The van der Waals surface area contributed by atoms with Gasteiger partial charge in [0, 0.05) is 68.8 Å². The number of aromatic amines is 2. The Bertz CT molecular complexity index is 2830. The second kappa shape index (κ2) is 21.8. The topological polar surface area (TPSA) is 113 Å². The molecule has 0 fully saturated rings. The molecular weight excluding hydrogens is 925 g/mol. The zero-order chi connectivity index (χ0) is 49.8. The molecule has 8 heterocycles. The van der Waals surface area contributed by atoms with Crippen LogP contribution in [0.5, 0.6) is 0 Å². The van der Waals surface area contributed by atoms with Gasteiger partial charge in [0.1, 0.15) is 22.6 Å². The Morgan fingerprint density at radius 3 is 1.45 bits per heavy atom. The summed E-state index contributed by atoms with van der Waals surface area (Å²) in [5.41, 5.74) is 11.5. The molecule has 0 aliphatic rings. The van der Waals surface area contributed by atoms with E-state index in [4.69, 9.17) is 9.97 Å². The van der Waals surface area contributed by atoms with Crippen LogP contribution in [0.1, 0.15) is 140 Å².